The number of hydrogen-bond acceptors (Lipinski definition) is 3. The molecule has 0 spiro atoms. The van der Waals surface area contributed by atoms with Gasteiger partial charge in [-0.05, 0) is 30.2 Å². The van der Waals surface area contributed by atoms with Crippen LogP contribution in [0.4, 0.5) is 0 Å². The van der Waals surface area contributed by atoms with E-state index in [4.69, 9.17) is 11.5 Å². The van der Waals surface area contributed by atoms with Crippen molar-refractivity contribution < 1.29 is 0 Å². The first-order valence-electron chi connectivity index (χ1n) is 6.30. The SMILES string of the molecule is C=C/C=C1/C=C(c2ccc(C)nc2)C=C(N)C1CN. The molecule has 19 heavy (non-hydrogen) atoms. The number of pyridine rings is 1. The average Bonchev–Trinajstić information content (AvgIpc) is 2.39. The lowest BCUT2D eigenvalue weighted by Crippen LogP contribution is -2.24. The molecule has 0 saturated carbocycles. The van der Waals surface area contributed by atoms with E-state index in [1.165, 1.54) is 0 Å². The van der Waals surface area contributed by atoms with E-state index in [0.29, 0.717) is 6.54 Å². The van der Waals surface area contributed by atoms with Crippen LogP contribution in [-0.2, 0) is 0 Å². The molecular weight excluding hydrogens is 234 g/mol. The Kier molecular flexibility index (Phi) is 3.97. The van der Waals surface area contributed by atoms with Gasteiger partial charge < -0.3 is 11.5 Å². The Labute approximate surface area is 114 Å². The largest absolute Gasteiger partial charge is 0.401 e. The van der Waals surface area contributed by atoms with Gasteiger partial charge in [0.05, 0.1) is 0 Å². The Bertz CT molecular complexity index is 562. The molecule has 1 heterocycles. The summed E-state index contributed by atoms with van der Waals surface area (Å²) in [5.74, 6) is 0.0696. The van der Waals surface area contributed by atoms with Gasteiger partial charge in [0.1, 0.15) is 0 Å². The van der Waals surface area contributed by atoms with Gasteiger partial charge in [-0.25, -0.2) is 0 Å². The lowest BCUT2D eigenvalue weighted by molar-refractivity contribution is 0.725. The minimum absolute atomic E-state index is 0.0696. The van der Waals surface area contributed by atoms with Crippen molar-refractivity contribution in [2.45, 2.75) is 6.92 Å². The molecule has 3 heteroatoms. The zero-order chi connectivity index (χ0) is 13.8. The second-order valence-electron chi connectivity index (χ2n) is 4.62. The second kappa shape index (κ2) is 5.67. The maximum absolute atomic E-state index is 6.11. The maximum Gasteiger partial charge on any atom is 0.0373 e. The van der Waals surface area contributed by atoms with Gasteiger partial charge in [-0.1, -0.05) is 30.9 Å². The monoisotopic (exact) mass is 253 g/mol. The van der Waals surface area contributed by atoms with Crippen LogP contribution >= 0.6 is 0 Å². The summed E-state index contributed by atoms with van der Waals surface area (Å²) in [5, 5.41) is 0. The van der Waals surface area contributed by atoms with Crippen molar-refractivity contribution in [3.05, 3.63) is 71.7 Å². The van der Waals surface area contributed by atoms with Crippen LogP contribution in [0.2, 0.25) is 0 Å². The molecule has 3 nitrogen and oxygen atoms in total. The highest BCUT2D eigenvalue weighted by atomic mass is 14.7. The molecule has 1 atom stereocenters. The summed E-state index contributed by atoms with van der Waals surface area (Å²) in [6, 6.07) is 4.04. The number of aryl methyl sites for hydroxylation is 1. The molecule has 1 aromatic rings. The number of nitrogens with two attached hydrogens (primary N) is 2. The molecule has 1 aliphatic rings. The first kappa shape index (κ1) is 13.3. The highest BCUT2D eigenvalue weighted by molar-refractivity contribution is 5.78. The van der Waals surface area contributed by atoms with E-state index >= 15 is 0 Å². The van der Waals surface area contributed by atoms with Crippen LogP contribution in [-0.4, -0.2) is 11.5 Å². The summed E-state index contributed by atoms with van der Waals surface area (Å²) in [5.41, 5.74) is 16.9. The predicted octanol–water partition coefficient (Wildman–Crippen LogP) is 2.32. The van der Waals surface area contributed by atoms with Gasteiger partial charge in [0.25, 0.3) is 0 Å². The van der Waals surface area contributed by atoms with Gasteiger partial charge in [-0.15, -0.1) is 0 Å². The molecule has 1 aromatic heterocycles. The van der Waals surface area contributed by atoms with Crippen molar-refractivity contribution in [2.75, 3.05) is 6.54 Å². The van der Waals surface area contributed by atoms with E-state index in [9.17, 15) is 0 Å². The molecule has 0 fully saturated rings. The van der Waals surface area contributed by atoms with Crippen molar-refractivity contribution in [3.63, 3.8) is 0 Å². The minimum atomic E-state index is 0.0696. The lowest BCUT2D eigenvalue weighted by Gasteiger charge is -2.22. The summed E-state index contributed by atoms with van der Waals surface area (Å²) in [7, 11) is 0. The zero-order valence-electron chi connectivity index (χ0n) is 11.1. The quantitative estimate of drug-likeness (QED) is 0.868. The average molecular weight is 253 g/mol. The van der Waals surface area contributed by atoms with Crippen molar-refractivity contribution in [1.82, 2.24) is 4.98 Å². The van der Waals surface area contributed by atoms with Crippen LogP contribution in [0.5, 0.6) is 0 Å². The Morgan fingerprint density at radius 3 is 2.74 bits per heavy atom. The summed E-state index contributed by atoms with van der Waals surface area (Å²) in [6.45, 7) is 6.21. The third-order valence-corrected chi connectivity index (χ3v) is 3.24. The summed E-state index contributed by atoms with van der Waals surface area (Å²) >= 11 is 0. The number of rotatable bonds is 3. The molecule has 0 amide bonds. The fourth-order valence-corrected chi connectivity index (χ4v) is 2.17. The third-order valence-electron chi connectivity index (χ3n) is 3.24. The van der Waals surface area contributed by atoms with Gasteiger partial charge in [0, 0.05) is 35.6 Å². The Hall–Kier alpha value is -2.13. The van der Waals surface area contributed by atoms with Gasteiger partial charge in [-0.3, -0.25) is 4.98 Å². The fourth-order valence-electron chi connectivity index (χ4n) is 2.17. The van der Waals surface area contributed by atoms with Gasteiger partial charge >= 0.3 is 0 Å². The Morgan fingerprint density at radius 2 is 2.16 bits per heavy atom. The van der Waals surface area contributed by atoms with Crippen LogP contribution in [0.3, 0.4) is 0 Å². The van der Waals surface area contributed by atoms with E-state index in [2.05, 4.69) is 17.6 Å². The van der Waals surface area contributed by atoms with Crippen molar-refractivity contribution >= 4 is 5.57 Å². The van der Waals surface area contributed by atoms with Crippen LogP contribution in [0.1, 0.15) is 11.3 Å². The van der Waals surface area contributed by atoms with Crippen molar-refractivity contribution in [2.24, 2.45) is 17.4 Å². The number of allylic oxidation sites excluding steroid dienone is 5. The Balaban J connectivity index is 2.44. The van der Waals surface area contributed by atoms with E-state index in [1.807, 2.05) is 37.4 Å². The van der Waals surface area contributed by atoms with Gasteiger partial charge in [0.2, 0.25) is 0 Å². The van der Waals surface area contributed by atoms with E-state index in [-0.39, 0.29) is 5.92 Å². The number of hydrogen-bond donors (Lipinski definition) is 2. The zero-order valence-corrected chi connectivity index (χ0v) is 11.1. The smallest absolute Gasteiger partial charge is 0.0373 e. The highest BCUT2D eigenvalue weighted by Crippen LogP contribution is 2.30. The van der Waals surface area contributed by atoms with E-state index in [0.717, 1.165) is 28.1 Å². The second-order valence-corrected chi connectivity index (χ2v) is 4.62. The predicted molar refractivity (Wildman–Crippen MR) is 80.0 cm³/mol. The highest BCUT2D eigenvalue weighted by Gasteiger charge is 2.19. The van der Waals surface area contributed by atoms with Gasteiger partial charge in [-0.2, -0.15) is 0 Å². The lowest BCUT2D eigenvalue weighted by atomic mass is 9.86. The molecule has 0 bridgehead atoms. The number of aromatic nitrogens is 1. The molecule has 2 rings (SSSR count). The molecule has 0 aliphatic heterocycles. The van der Waals surface area contributed by atoms with E-state index < -0.39 is 0 Å². The van der Waals surface area contributed by atoms with Crippen LogP contribution in [0, 0.1) is 12.8 Å². The molecule has 0 aromatic carbocycles. The molecule has 1 unspecified atom stereocenters. The van der Waals surface area contributed by atoms with Crippen molar-refractivity contribution in [1.29, 1.82) is 0 Å². The number of nitrogens with zero attached hydrogens (tertiary/aromatic N) is 1. The topological polar surface area (TPSA) is 64.9 Å². The van der Waals surface area contributed by atoms with Gasteiger partial charge in [0.15, 0.2) is 0 Å². The van der Waals surface area contributed by atoms with Crippen LogP contribution in [0.25, 0.3) is 5.57 Å². The molecule has 1 aliphatic carbocycles. The van der Waals surface area contributed by atoms with Crippen LogP contribution < -0.4 is 11.5 Å². The molecular formula is C16H19N3. The van der Waals surface area contributed by atoms with E-state index in [1.54, 1.807) is 6.08 Å². The molecule has 0 radical (unpaired) electrons. The fraction of sp³-hybridized carbons (Fsp3) is 0.188. The summed E-state index contributed by atoms with van der Waals surface area (Å²) in [4.78, 5) is 4.31. The first-order valence-corrected chi connectivity index (χ1v) is 6.30. The first-order chi connectivity index (χ1) is 9.15. The normalized spacial score (nSPS) is 20.9. The molecule has 0 saturated heterocycles. The van der Waals surface area contributed by atoms with Crippen LogP contribution in [0.15, 0.2) is 60.5 Å². The summed E-state index contributed by atoms with van der Waals surface area (Å²) in [6.07, 6.45) is 9.66. The maximum atomic E-state index is 6.11. The molecule has 4 N–H and O–H groups in total. The third kappa shape index (κ3) is 2.83. The standard InChI is InChI=1S/C16H19N3/c1-3-4-12-7-14(8-16(18)15(12)9-17)13-6-5-11(2)19-10-13/h3-8,10,15H,1,9,17-18H2,2H3/b12-4-. The summed E-state index contributed by atoms with van der Waals surface area (Å²) < 4.78 is 0. The molecule has 98 valence electrons. The Morgan fingerprint density at radius 1 is 1.37 bits per heavy atom. The van der Waals surface area contributed by atoms with Crippen molar-refractivity contribution in [3.8, 4) is 0 Å². The minimum Gasteiger partial charge on any atom is -0.401 e.